The number of amides is 1. The predicted molar refractivity (Wildman–Crippen MR) is 92.2 cm³/mol. The SMILES string of the molecule is CO[C@H]1CC[C@]2(OC)CCN(C(=O)Cc3noc4ccccc34)[C@@H]2C1. The number of ether oxygens (including phenoxy) is 2. The number of carbonyl (C=O) groups is 1. The summed E-state index contributed by atoms with van der Waals surface area (Å²) in [5, 5.41) is 5.01. The van der Waals surface area contributed by atoms with E-state index in [1.807, 2.05) is 29.2 Å². The van der Waals surface area contributed by atoms with Crippen molar-refractivity contribution in [1.82, 2.24) is 10.1 Å². The molecule has 1 aromatic heterocycles. The van der Waals surface area contributed by atoms with E-state index in [0.29, 0.717) is 5.69 Å². The number of fused-ring (bicyclic) bond motifs is 2. The van der Waals surface area contributed by atoms with Crippen LogP contribution in [0.1, 0.15) is 31.4 Å². The van der Waals surface area contributed by atoms with Crippen molar-refractivity contribution in [3.05, 3.63) is 30.0 Å². The second kappa shape index (κ2) is 6.42. The minimum Gasteiger partial charge on any atom is -0.381 e. The summed E-state index contributed by atoms with van der Waals surface area (Å²) in [5.74, 6) is 0.0831. The molecular weight excluding hydrogens is 320 g/mol. The lowest BCUT2D eigenvalue weighted by molar-refractivity contribution is -0.140. The molecule has 1 aliphatic carbocycles. The van der Waals surface area contributed by atoms with Crippen LogP contribution in [0.25, 0.3) is 11.0 Å². The summed E-state index contributed by atoms with van der Waals surface area (Å²) >= 11 is 0. The van der Waals surface area contributed by atoms with Crippen molar-refractivity contribution in [3.8, 4) is 0 Å². The molecule has 25 heavy (non-hydrogen) atoms. The highest BCUT2D eigenvalue weighted by atomic mass is 16.5. The number of nitrogens with zero attached hydrogens (tertiary/aromatic N) is 2. The number of para-hydroxylation sites is 1. The van der Waals surface area contributed by atoms with Crippen LogP contribution in [-0.2, 0) is 20.7 Å². The van der Waals surface area contributed by atoms with E-state index < -0.39 is 0 Å². The summed E-state index contributed by atoms with van der Waals surface area (Å²) in [6.07, 6.45) is 4.07. The van der Waals surface area contributed by atoms with Gasteiger partial charge in [0.1, 0.15) is 5.69 Å². The molecule has 134 valence electrons. The van der Waals surface area contributed by atoms with Gasteiger partial charge in [0.15, 0.2) is 5.58 Å². The van der Waals surface area contributed by atoms with Crippen molar-refractivity contribution in [3.63, 3.8) is 0 Å². The number of hydrogen-bond acceptors (Lipinski definition) is 5. The second-order valence-electron chi connectivity index (χ2n) is 7.06. The predicted octanol–water partition coefficient (Wildman–Crippen LogP) is 2.56. The fraction of sp³-hybridized carbons (Fsp3) is 0.579. The van der Waals surface area contributed by atoms with Crippen molar-refractivity contribution in [1.29, 1.82) is 0 Å². The first-order valence-electron chi connectivity index (χ1n) is 8.87. The normalized spacial score (nSPS) is 29.1. The number of methoxy groups -OCH3 is 2. The van der Waals surface area contributed by atoms with E-state index in [1.165, 1.54) is 0 Å². The van der Waals surface area contributed by atoms with Crippen molar-refractivity contribution in [2.75, 3.05) is 20.8 Å². The zero-order valence-corrected chi connectivity index (χ0v) is 14.7. The third kappa shape index (κ3) is 2.73. The van der Waals surface area contributed by atoms with Gasteiger partial charge < -0.3 is 18.9 Å². The molecule has 1 aromatic carbocycles. The number of carbonyl (C=O) groups excluding carboxylic acids is 1. The molecule has 0 radical (unpaired) electrons. The Balaban J connectivity index is 1.55. The third-order valence-electron chi connectivity index (χ3n) is 5.97. The Morgan fingerprint density at radius 3 is 3.00 bits per heavy atom. The van der Waals surface area contributed by atoms with Gasteiger partial charge in [-0.3, -0.25) is 4.79 Å². The summed E-state index contributed by atoms with van der Waals surface area (Å²) < 4.78 is 16.8. The average molecular weight is 344 g/mol. The number of rotatable bonds is 4. The highest BCUT2D eigenvalue weighted by molar-refractivity contribution is 5.86. The van der Waals surface area contributed by atoms with Gasteiger partial charge in [-0.2, -0.15) is 0 Å². The maximum absolute atomic E-state index is 13.0. The van der Waals surface area contributed by atoms with Crippen LogP contribution in [0.5, 0.6) is 0 Å². The van der Waals surface area contributed by atoms with Gasteiger partial charge in [0.25, 0.3) is 0 Å². The van der Waals surface area contributed by atoms with Crippen LogP contribution in [0.15, 0.2) is 28.8 Å². The lowest BCUT2D eigenvalue weighted by Crippen LogP contribution is -2.53. The van der Waals surface area contributed by atoms with Gasteiger partial charge >= 0.3 is 0 Å². The highest BCUT2D eigenvalue weighted by Crippen LogP contribution is 2.43. The molecule has 2 aromatic rings. The molecule has 6 heteroatoms. The molecule has 1 amide bonds. The van der Waals surface area contributed by atoms with Crippen molar-refractivity contribution in [2.45, 2.75) is 49.9 Å². The lowest BCUT2D eigenvalue weighted by atomic mass is 9.79. The topological polar surface area (TPSA) is 64.8 Å². The monoisotopic (exact) mass is 344 g/mol. The first-order chi connectivity index (χ1) is 12.2. The molecule has 2 heterocycles. The maximum Gasteiger partial charge on any atom is 0.229 e. The Labute approximate surface area is 147 Å². The maximum atomic E-state index is 13.0. The summed E-state index contributed by atoms with van der Waals surface area (Å²) in [4.78, 5) is 15.0. The van der Waals surface area contributed by atoms with Crippen LogP contribution in [0.3, 0.4) is 0 Å². The van der Waals surface area contributed by atoms with Crippen LogP contribution in [0, 0.1) is 0 Å². The van der Waals surface area contributed by atoms with Gasteiger partial charge in [0.05, 0.1) is 24.2 Å². The van der Waals surface area contributed by atoms with Gasteiger partial charge in [-0.1, -0.05) is 17.3 Å². The lowest BCUT2D eigenvalue weighted by Gasteiger charge is -2.43. The third-order valence-corrected chi connectivity index (χ3v) is 5.97. The first-order valence-corrected chi connectivity index (χ1v) is 8.87. The van der Waals surface area contributed by atoms with E-state index >= 15 is 0 Å². The molecule has 1 aliphatic heterocycles. The molecule has 1 saturated carbocycles. The van der Waals surface area contributed by atoms with Gasteiger partial charge in [-0.05, 0) is 37.8 Å². The van der Waals surface area contributed by atoms with E-state index in [4.69, 9.17) is 14.0 Å². The Hall–Kier alpha value is -1.92. The molecule has 0 unspecified atom stereocenters. The zero-order valence-electron chi connectivity index (χ0n) is 14.7. The zero-order chi connectivity index (χ0) is 17.4. The van der Waals surface area contributed by atoms with E-state index in [2.05, 4.69) is 5.16 Å². The summed E-state index contributed by atoms with van der Waals surface area (Å²) in [5.41, 5.74) is 1.20. The molecule has 6 nitrogen and oxygen atoms in total. The van der Waals surface area contributed by atoms with Crippen LogP contribution in [0.2, 0.25) is 0 Å². The Morgan fingerprint density at radius 2 is 2.20 bits per heavy atom. The molecule has 4 rings (SSSR count). The van der Waals surface area contributed by atoms with Crippen LogP contribution in [-0.4, -0.2) is 54.5 Å². The Bertz CT molecular complexity index is 774. The van der Waals surface area contributed by atoms with Gasteiger partial charge in [0, 0.05) is 26.2 Å². The second-order valence-corrected chi connectivity index (χ2v) is 7.06. The van der Waals surface area contributed by atoms with E-state index in [-0.39, 0.29) is 30.1 Å². The minimum absolute atomic E-state index is 0.0712. The molecule has 2 aliphatic rings. The molecule has 0 N–H and O–H groups in total. The molecular formula is C19H24N2O4. The molecule has 3 atom stereocenters. The number of benzene rings is 1. The van der Waals surface area contributed by atoms with Crippen LogP contribution >= 0.6 is 0 Å². The Morgan fingerprint density at radius 1 is 1.36 bits per heavy atom. The first kappa shape index (κ1) is 16.5. The van der Waals surface area contributed by atoms with Crippen molar-refractivity contribution >= 4 is 16.9 Å². The number of aromatic nitrogens is 1. The van der Waals surface area contributed by atoms with E-state index in [9.17, 15) is 4.79 Å². The largest absolute Gasteiger partial charge is 0.381 e. The van der Waals surface area contributed by atoms with Crippen molar-refractivity contribution < 1.29 is 18.8 Å². The number of hydrogen-bond donors (Lipinski definition) is 0. The van der Waals surface area contributed by atoms with Crippen LogP contribution in [0.4, 0.5) is 0 Å². The van der Waals surface area contributed by atoms with Gasteiger partial charge in [-0.15, -0.1) is 0 Å². The van der Waals surface area contributed by atoms with E-state index in [0.717, 1.165) is 43.2 Å². The van der Waals surface area contributed by atoms with Crippen molar-refractivity contribution in [2.24, 2.45) is 0 Å². The molecule has 2 fully saturated rings. The highest BCUT2D eigenvalue weighted by Gasteiger charge is 2.52. The standard InChI is InChI=1S/C19H24N2O4/c1-23-13-7-8-19(24-2)9-10-21(17(19)11-13)18(22)12-15-14-5-3-4-6-16(14)25-20-15/h3-6,13,17H,7-12H2,1-2H3/t13-,17+,19-/m0/s1. The Kier molecular flexibility index (Phi) is 4.25. The molecule has 0 bridgehead atoms. The van der Waals surface area contributed by atoms with Crippen LogP contribution < -0.4 is 0 Å². The smallest absolute Gasteiger partial charge is 0.229 e. The summed E-state index contributed by atoms with van der Waals surface area (Å²) in [6, 6.07) is 7.72. The fourth-order valence-electron chi connectivity index (χ4n) is 4.49. The average Bonchev–Trinajstić information content (AvgIpc) is 3.23. The fourth-order valence-corrected chi connectivity index (χ4v) is 4.49. The van der Waals surface area contributed by atoms with Gasteiger partial charge in [-0.25, -0.2) is 0 Å². The molecule has 0 spiro atoms. The molecule has 1 saturated heterocycles. The minimum atomic E-state index is -0.226. The summed E-state index contributed by atoms with van der Waals surface area (Å²) in [7, 11) is 3.51. The van der Waals surface area contributed by atoms with Gasteiger partial charge in [0.2, 0.25) is 5.91 Å². The number of likely N-dealkylation sites (tertiary alicyclic amines) is 1. The van der Waals surface area contributed by atoms with E-state index in [1.54, 1.807) is 14.2 Å². The quantitative estimate of drug-likeness (QED) is 0.853. The summed E-state index contributed by atoms with van der Waals surface area (Å²) in [6.45, 7) is 0.726.